The molecular formula is C24H21ClNO2PS. The van der Waals surface area contributed by atoms with Gasteiger partial charge in [0.05, 0.1) is 0 Å². The van der Waals surface area contributed by atoms with Gasteiger partial charge in [0.1, 0.15) is 0 Å². The number of nitrogens with zero attached hydrogens (tertiary/aromatic N) is 1. The first-order valence-corrected chi connectivity index (χ1v) is 13.7. The summed E-state index contributed by atoms with van der Waals surface area (Å²) in [6.07, 6.45) is 0.507. The van der Waals surface area contributed by atoms with Crippen molar-refractivity contribution in [3.8, 4) is 0 Å². The molecule has 0 aliphatic carbocycles. The number of hydrogen-bond donors (Lipinski definition) is 0. The van der Waals surface area contributed by atoms with E-state index in [4.69, 9.17) is 16.0 Å². The molecule has 0 unspecified atom stereocenters. The molecule has 152 valence electrons. The molecule has 6 heteroatoms. The first-order chi connectivity index (χ1) is 14.6. The van der Waals surface area contributed by atoms with E-state index in [9.17, 15) is 4.79 Å². The molecule has 4 rings (SSSR count). The summed E-state index contributed by atoms with van der Waals surface area (Å²) in [5, 5.41) is 5.74. The molecule has 0 aliphatic heterocycles. The monoisotopic (exact) mass is 453 g/mol. The van der Waals surface area contributed by atoms with Gasteiger partial charge in [-0.1, -0.05) is 0 Å². The van der Waals surface area contributed by atoms with E-state index in [0.29, 0.717) is 11.9 Å². The van der Waals surface area contributed by atoms with Gasteiger partial charge in [0.2, 0.25) is 0 Å². The van der Waals surface area contributed by atoms with Crippen LogP contribution in [0.3, 0.4) is 0 Å². The van der Waals surface area contributed by atoms with Crippen molar-refractivity contribution >= 4 is 50.4 Å². The van der Waals surface area contributed by atoms with Gasteiger partial charge in [-0.2, -0.15) is 0 Å². The molecule has 0 N–H and O–H groups in total. The average Bonchev–Trinajstić information content (AvgIpc) is 3.28. The fourth-order valence-corrected chi connectivity index (χ4v) is 11.4. The van der Waals surface area contributed by atoms with Crippen LogP contribution in [0.15, 0.2) is 96.4 Å². The first kappa shape index (κ1) is 20.7. The number of carbonyl (C=O) groups excluding carboxylic acids is 1. The van der Waals surface area contributed by atoms with E-state index in [1.807, 2.05) is 54.6 Å². The second kappa shape index (κ2) is 8.31. The van der Waals surface area contributed by atoms with E-state index < -0.39 is 11.9 Å². The van der Waals surface area contributed by atoms with Gasteiger partial charge in [0.15, 0.2) is 0 Å². The minimum absolute atomic E-state index is 0.313. The SMILES string of the molecule is COC(=O)c1csc(CP(Cl)(c2ccccc2)(c2ccccc2)c2ccccc2)n1. The minimum atomic E-state index is -3.45. The number of rotatable bonds is 6. The van der Waals surface area contributed by atoms with E-state index in [0.717, 1.165) is 20.9 Å². The number of aromatic nitrogens is 1. The third kappa shape index (κ3) is 3.45. The quantitative estimate of drug-likeness (QED) is 0.301. The van der Waals surface area contributed by atoms with Crippen molar-refractivity contribution in [2.75, 3.05) is 7.11 Å². The summed E-state index contributed by atoms with van der Waals surface area (Å²) in [5.41, 5.74) is 0.313. The van der Waals surface area contributed by atoms with Gasteiger partial charge in [-0.05, 0) is 0 Å². The number of esters is 1. The van der Waals surface area contributed by atoms with Crippen molar-refractivity contribution in [1.82, 2.24) is 4.98 Å². The van der Waals surface area contributed by atoms with Crippen molar-refractivity contribution in [2.24, 2.45) is 0 Å². The Morgan fingerprint density at radius 3 is 1.70 bits per heavy atom. The van der Waals surface area contributed by atoms with Gasteiger partial charge in [-0.15, -0.1) is 0 Å². The topological polar surface area (TPSA) is 39.2 Å². The number of carbonyl (C=O) groups is 1. The van der Waals surface area contributed by atoms with Gasteiger partial charge in [0.25, 0.3) is 0 Å². The Kier molecular flexibility index (Phi) is 5.75. The van der Waals surface area contributed by atoms with Gasteiger partial charge < -0.3 is 0 Å². The predicted molar refractivity (Wildman–Crippen MR) is 128 cm³/mol. The molecule has 0 amide bonds. The molecule has 3 aromatic carbocycles. The van der Waals surface area contributed by atoms with Crippen molar-refractivity contribution < 1.29 is 9.53 Å². The molecule has 0 fully saturated rings. The number of benzene rings is 3. The molecule has 1 aromatic heterocycles. The molecule has 0 spiro atoms. The van der Waals surface area contributed by atoms with Gasteiger partial charge in [0, 0.05) is 0 Å². The van der Waals surface area contributed by atoms with E-state index in [-0.39, 0.29) is 0 Å². The molecule has 0 aliphatic rings. The van der Waals surface area contributed by atoms with Crippen molar-refractivity contribution in [2.45, 2.75) is 6.16 Å². The summed E-state index contributed by atoms with van der Waals surface area (Å²) >= 11 is 9.45. The van der Waals surface area contributed by atoms with Gasteiger partial charge in [-0.25, -0.2) is 0 Å². The fourth-order valence-electron chi connectivity index (χ4n) is 3.77. The third-order valence-corrected chi connectivity index (χ3v) is 13.5. The second-order valence-corrected chi connectivity index (χ2v) is 14.4. The molecule has 0 bridgehead atoms. The number of thiazole rings is 1. The molecule has 3 nitrogen and oxygen atoms in total. The zero-order valence-electron chi connectivity index (χ0n) is 16.4. The third-order valence-electron chi connectivity index (χ3n) is 5.26. The summed E-state index contributed by atoms with van der Waals surface area (Å²) < 4.78 is 4.84. The second-order valence-electron chi connectivity index (χ2n) is 6.97. The van der Waals surface area contributed by atoms with E-state index >= 15 is 0 Å². The summed E-state index contributed by atoms with van der Waals surface area (Å²) in [5.74, 6) is -3.88. The van der Waals surface area contributed by atoms with Crippen LogP contribution in [0.25, 0.3) is 0 Å². The standard InChI is InChI=1S/C24H21ClNO2PS/c1-28-24(27)22-18-30-23(26-22)17-29(25,19-11-5-2-6-12-19,20-13-7-3-8-14-20)21-15-9-4-10-16-21/h2-16,18H,17H2,1H3. The van der Waals surface area contributed by atoms with Crippen molar-refractivity contribution in [3.05, 3.63) is 107 Å². The number of halogens is 1. The van der Waals surface area contributed by atoms with Gasteiger partial charge in [-0.3, -0.25) is 0 Å². The molecule has 1 heterocycles. The van der Waals surface area contributed by atoms with Crippen LogP contribution in [0.4, 0.5) is 0 Å². The molecule has 0 atom stereocenters. The Labute approximate surface area is 185 Å². The van der Waals surface area contributed by atoms with Crippen LogP contribution in [0.2, 0.25) is 0 Å². The van der Waals surface area contributed by atoms with E-state index in [1.54, 1.807) is 5.38 Å². The van der Waals surface area contributed by atoms with E-state index in [2.05, 4.69) is 41.4 Å². The Morgan fingerprint density at radius 1 is 0.867 bits per heavy atom. The van der Waals surface area contributed by atoms with Crippen LogP contribution < -0.4 is 15.9 Å². The summed E-state index contributed by atoms with van der Waals surface area (Å²) in [7, 11) is 1.36. The van der Waals surface area contributed by atoms with Gasteiger partial charge >= 0.3 is 185 Å². The maximum absolute atomic E-state index is 12.0. The van der Waals surface area contributed by atoms with Crippen LogP contribution in [-0.4, -0.2) is 18.1 Å². The number of methoxy groups -OCH3 is 1. The molecule has 30 heavy (non-hydrogen) atoms. The van der Waals surface area contributed by atoms with Crippen molar-refractivity contribution in [3.63, 3.8) is 0 Å². The summed E-state index contributed by atoms with van der Waals surface area (Å²) in [6, 6.07) is 30.7. The first-order valence-electron chi connectivity index (χ1n) is 9.48. The number of hydrogen-bond acceptors (Lipinski definition) is 4. The summed E-state index contributed by atoms with van der Waals surface area (Å²) in [6.45, 7) is 0. The Bertz CT molecular complexity index is 1050. The van der Waals surface area contributed by atoms with Crippen LogP contribution in [-0.2, 0) is 10.9 Å². The Hall–Kier alpha value is -2.52. The zero-order chi connectivity index (χ0) is 21.1. The maximum atomic E-state index is 12.0. The van der Waals surface area contributed by atoms with Crippen LogP contribution in [0, 0.1) is 0 Å². The molecule has 0 saturated carbocycles. The predicted octanol–water partition coefficient (Wildman–Crippen LogP) is 5.11. The van der Waals surface area contributed by atoms with Crippen LogP contribution >= 0.6 is 28.5 Å². The molecule has 0 saturated heterocycles. The fraction of sp³-hybridized carbons (Fsp3) is 0.0833. The molecule has 4 aromatic rings. The number of ether oxygens (including phenoxy) is 1. The normalized spacial score (nSPS) is 12.7. The van der Waals surface area contributed by atoms with Crippen LogP contribution in [0.1, 0.15) is 15.5 Å². The molecular weight excluding hydrogens is 433 g/mol. The summed E-state index contributed by atoms with van der Waals surface area (Å²) in [4.78, 5) is 16.6. The van der Waals surface area contributed by atoms with Crippen molar-refractivity contribution in [1.29, 1.82) is 0 Å². The average molecular weight is 454 g/mol. The Morgan fingerprint density at radius 2 is 1.30 bits per heavy atom. The van der Waals surface area contributed by atoms with Crippen LogP contribution in [0.5, 0.6) is 0 Å². The zero-order valence-corrected chi connectivity index (χ0v) is 18.9. The Balaban J connectivity index is 2.01. The molecule has 0 radical (unpaired) electrons. The van der Waals surface area contributed by atoms with E-state index in [1.165, 1.54) is 18.4 Å².